The van der Waals surface area contributed by atoms with E-state index in [9.17, 15) is 9.59 Å². The minimum absolute atomic E-state index is 0. The molecule has 6 rings (SSSR count). The summed E-state index contributed by atoms with van der Waals surface area (Å²) in [6.07, 6.45) is 8.69. The number of benzene rings is 3. The van der Waals surface area contributed by atoms with Gasteiger partial charge in [-0.3, -0.25) is 9.98 Å². The van der Waals surface area contributed by atoms with Crippen molar-refractivity contribution in [1.82, 2.24) is 5.32 Å². The SMILES string of the molecule is C/C=C(/C=[N+](C)C)C1=NC(C)(C)Cc2ccccc21.CC1(C)Cc2ccccc2C(C(C=O)C=O)N1.CC1=NC(C)(C)Cc2ccccc21.I.II.I[I-]I.[Cl-]. The van der Waals surface area contributed by atoms with Crippen molar-refractivity contribution in [3.8, 4) is 0 Å². The smallest absolute Gasteiger partial charge is 1.00 e. The number of carbonyl (C=O) groups excluding carboxylic acids is 2. The summed E-state index contributed by atoms with van der Waals surface area (Å²) in [6.45, 7) is 17.1. The van der Waals surface area contributed by atoms with Crippen LogP contribution in [-0.2, 0) is 28.9 Å². The van der Waals surface area contributed by atoms with Crippen molar-refractivity contribution in [2.45, 2.75) is 97.3 Å². The third-order valence-corrected chi connectivity index (χ3v) is 9.06. The monoisotopic (exact) mass is 1460 g/mol. The van der Waals surface area contributed by atoms with Crippen molar-refractivity contribution in [2.24, 2.45) is 15.9 Å². The Morgan fingerprint density at radius 3 is 1.73 bits per heavy atom. The van der Waals surface area contributed by atoms with Crippen molar-refractivity contribution < 1.29 is 39.8 Å². The average molecular weight is 1460 g/mol. The average Bonchev–Trinajstić information content (AvgIpc) is 3.11. The second-order valence-electron chi connectivity index (χ2n) is 15.6. The summed E-state index contributed by atoms with van der Waals surface area (Å²) in [5, 5.41) is 3.39. The summed E-state index contributed by atoms with van der Waals surface area (Å²) in [7, 11) is 4.09. The molecule has 0 radical (unpaired) electrons. The molecule has 6 nitrogen and oxygen atoms in total. The number of fused-ring (bicyclic) bond motifs is 3. The van der Waals surface area contributed by atoms with Crippen LogP contribution in [0.5, 0.6) is 0 Å². The summed E-state index contributed by atoms with van der Waals surface area (Å²) >= 11 is 9.54. The normalized spacial score (nSPS) is 17.6. The Kier molecular flexibility index (Phi) is 27.5. The molecule has 3 aliphatic heterocycles. The second kappa shape index (κ2) is 27.4. The van der Waals surface area contributed by atoms with Gasteiger partial charge >= 0.3 is 50.5 Å². The zero-order valence-electron chi connectivity index (χ0n) is 33.8. The minimum atomic E-state index is -0.615. The quantitative estimate of drug-likeness (QED) is 0.116. The molecular weight excluding hydrogens is 1400 g/mol. The van der Waals surface area contributed by atoms with Gasteiger partial charge in [-0.1, -0.05) is 78.9 Å². The van der Waals surface area contributed by atoms with Crippen molar-refractivity contribution in [3.63, 3.8) is 0 Å². The molecule has 1 unspecified atom stereocenters. The Balaban J connectivity index is 0.000000761. The van der Waals surface area contributed by atoms with Gasteiger partial charge in [0.15, 0.2) is 6.21 Å². The van der Waals surface area contributed by atoms with Crippen molar-refractivity contribution >= 4 is 129 Å². The van der Waals surface area contributed by atoms with Gasteiger partial charge in [0.25, 0.3) is 0 Å². The zero-order valence-corrected chi connectivity index (χ0v) is 47.7. The topological polar surface area (TPSA) is 73.9 Å². The Morgan fingerprint density at radius 1 is 0.786 bits per heavy atom. The van der Waals surface area contributed by atoms with Gasteiger partial charge in [-0.15, -0.1) is 24.0 Å². The molecule has 0 spiro atoms. The molecule has 0 aromatic heterocycles. The minimum Gasteiger partial charge on any atom is -1.00 e. The molecule has 0 fully saturated rings. The summed E-state index contributed by atoms with van der Waals surface area (Å²) in [5.41, 5.74) is 11.1. The molecule has 1 atom stereocenters. The van der Waals surface area contributed by atoms with Crippen LogP contribution in [0.2, 0.25) is 0 Å². The van der Waals surface area contributed by atoms with Gasteiger partial charge in [0, 0.05) is 60.1 Å². The van der Waals surface area contributed by atoms with E-state index in [-0.39, 0.29) is 59.0 Å². The van der Waals surface area contributed by atoms with Crippen LogP contribution in [0.1, 0.15) is 94.8 Å². The first-order valence-electron chi connectivity index (χ1n) is 17.8. The zero-order chi connectivity index (χ0) is 40.7. The number of aliphatic imine (C=N–C) groups is 2. The Labute approximate surface area is 413 Å². The van der Waals surface area contributed by atoms with Gasteiger partial charge in [-0.2, -0.15) is 0 Å². The number of halogens is 7. The van der Waals surface area contributed by atoms with Crippen LogP contribution >= 0.6 is 98.4 Å². The fourth-order valence-corrected chi connectivity index (χ4v) is 7.11. The molecule has 310 valence electrons. The number of allylic oxidation sites excluding steroid dienone is 2. The first-order chi connectivity index (χ1) is 25.5. The molecule has 0 bridgehead atoms. The van der Waals surface area contributed by atoms with E-state index >= 15 is 0 Å². The van der Waals surface area contributed by atoms with Crippen molar-refractivity contribution in [1.29, 1.82) is 0 Å². The number of hydrogen-bond acceptors (Lipinski definition) is 5. The maximum absolute atomic E-state index is 11.0. The summed E-state index contributed by atoms with van der Waals surface area (Å²) < 4.78 is 2.07. The largest absolute Gasteiger partial charge is 1.00 e. The van der Waals surface area contributed by atoms with Crippen LogP contribution in [0.15, 0.2) is 94.4 Å². The van der Waals surface area contributed by atoms with Gasteiger partial charge in [-0.05, 0) is 102 Å². The molecule has 3 aromatic rings. The second-order valence-corrected chi connectivity index (χ2v) is 31.8. The third-order valence-electron chi connectivity index (χ3n) is 9.06. The Bertz CT molecular complexity index is 1830. The predicted octanol–water partition coefficient (Wildman–Crippen LogP) is 5.76. The molecule has 3 heterocycles. The van der Waals surface area contributed by atoms with Crippen LogP contribution < -0.4 is 31.0 Å². The molecule has 0 saturated heterocycles. The van der Waals surface area contributed by atoms with E-state index in [1.807, 2.05) is 32.3 Å². The van der Waals surface area contributed by atoms with E-state index in [0.29, 0.717) is 13.3 Å². The number of hydrogen-bond donors (Lipinski definition) is 1. The molecule has 13 heteroatoms. The molecule has 3 aromatic carbocycles. The molecular formula is C43H56ClI6N4O2-. The summed E-state index contributed by atoms with van der Waals surface area (Å²) in [6, 6.07) is 24.9. The van der Waals surface area contributed by atoms with Gasteiger partial charge in [0.05, 0.1) is 28.3 Å². The molecule has 1 N–H and O–H groups in total. The summed E-state index contributed by atoms with van der Waals surface area (Å²) in [4.78, 5) is 31.6. The van der Waals surface area contributed by atoms with E-state index in [1.165, 1.54) is 39.1 Å². The van der Waals surface area contributed by atoms with Gasteiger partial charge in [-0.25, -0.2) is 4.58 Å². The van der Waals surface area contributed by atoms with E-state index in [2.05, 4.69) is 212 Å². The fourth-order valence-electron chi connectivity index (χ4n) is 7.11. The van der Waals surface area contributed by atoms with E-state index in [1.54, 1.807) is 0 Å². The van der Waals surface area contributed by atoms with E-state index in [0.717, 1.165) is 43.1 Å². The fraction of sp³-hybridized carbons (Fsp3) is 0.419. The number of nitrogens with one attached hydrogen (secondary N) is 1. The van der Waals surface area contributed by atoms with Crippen molar-refractivity contribution in [2.75, 3.05) is 14.1 Å². The first-order valence-corrected chi connectivity index (χ1v) is 36.6. The molecule has 56 heavy (non-hydrogen) atoms. The Morgan fingerprint density at radius 2 is 1.23 bits per heavy atom. The number of rotatable bonds is 5. The summed E-state index contributed by atoms with van der Waals surface area (Å²) in [5.74, 6) is -0.615. The van der Waals surface area contributed by atoms with Crippen LogP contribution in [0.4, 0.5) is 0 Å². The molecule has 0 amide bonds. The van der Waals surface area contributed by atoms with Crippen LogP contribution in [0.3, 0.4) is 0 Å². The number of nitrogens with zero attached hydrogens (tertiary/aromatic N) is 3. The van der Waals surface area contributed by atoms with Crippen LogP contribution in [0.25, 0.3) is 0 Å². The van der Waals surface area contributed by atoms with Crippen LogP contribution in [0, 0.1) is 5.92 Å². The van der Waals surface area contributed by atoms with Crippen LogP contribution in [-0.4, -0.2) is 65.5 Å². The standard InChI is InChI=1S/C17H23N2.C14H17NO2.C12H15N.ClH.I3.I2.HI/c1-6-13(12-19(4)5)16-15-10-8-7-9-14(15)11-17(2,3)18-16;1-14(2)7-10-5-3-4-6-12(10)13(15-14)11(8-16)9-17;1-9-11-7-5-4-6-10(11)8-12(2,3)13-9;;1-3-2;1-2;/h6-10,12H,11H2,1-5H3;3-6,8-9,11,13,15H,7H2,1-2H3;4-7H,8H2,1-3H3;1H;;;1H/q+1;;;;-1;;/p-1/b13-6-;;;;;;. The maximum Gasteiger partial charge on any atom is -1.00 e. The predicted molar refractivity (Wildman–Crippen MR) is 276 cm³/mol. The Hall–Kier alpha value is 0.380. The van der Waals surface area contributed by atoms with E-state index in [4.69, 9.17) is 4.99 Å². The van der Waals surface area contributed by atoms with Gasteiger partial charge in [0.2, 0.25) is 0 Å². The number of aldehydes is 2. The molecule has 0 aliphatic carbocycles. The van der Waals surface area contributed by atoms with Gasteiger partial charge in [0.1, 0.15) is 26.7 Å². The van der Waals surface area contributed by atoms with E-state index < -0.39 is 5.92 Å². The number of carbonyl (C=O) groups is 2. The molecule has 3 aliphatic rings. The van der Waals surface area contributed by atoms with Gasteiger partial charge < -0.3 is 27.3 Å². The maximum atomic E-state index is 11.0. The third kappa shape index (κ3) is 17.8. The first kappa shape index (κ1) is 56.4. The van der Waals surface area contributed by atoms with Crippen molar-refractivity contribution in [3.05, 3.63) is 118 Å². The molecule has 0 saturated carbocycles.